The Hall–Kier alpha value is -0.573. The van der Waals surface area contributed by atoms with Gasteiger partial charge in [-0.25, -0.2) is 0 Å². The summed E-state index contributed by atoms with van der Waals surface area (Å²) in [5.74, 6) is -0.103. The number of rotatable bonds is 7. The molecule has 0 fully saturated rings. The number of ether oxygens (including phenoxy) is 1. The smallest absolute Gasteiger partial charge is 0.306 e. The summed E-state index contributed by atoms with van der Waals surface area (Å²) in [6.07, 6.45) is 1.42. The standard InChI is InChI=1S/C14H28O2Si/c1-12(2)14(3,4)11-13(15)16-9-8-10-17(5,6)7/h1,8-11H2,2-7H3. The summed E-state index contributed by atoms with van der Waals surface area (Å²) in [6, 6.07) is 1.21. The van der Waals surface area contributed by atoms with Gasteiger partial charge in [-0.2, -0.15) is 0 Å². The van der Waals surface area contributed by atoms with Crippen molar-refractivity contribution < 1.29 is 9.53 Å². The van der Waals surface area contributed by atoms with Gasteiger partial charge in [-0.05, 0) is 18.8 Å². The highest BCUT2D eigenvalue weighted by molar-refractivity contribution is 6.76. The van der Waals surface area contributed by atoms with Crippen LogP contribution < -0.4 is 0 Å². The van der Waals surface area contributed by atoms with Crippen LogP contribution in [0.3, 0.4) is 0 Å². The van der Waals surface area contributed by atoms with Gasteiger partial charge in [0.05, 0.1) is 13.0 Å². The van der Waals surface area contributed by atoms with Crippen LogP contribution in [-0.2, 0) is 9.53 Å². The van der Waals surface area contributed by atoms with Crippen LogP contribution in [0.1, 0.15) is 33.6 Å². The van der Waals surface area contributed by atoms with Crippen LogP contribution in [0.25, 0.3) is 0 Å². The quantitative estimate of drug-likeness (QED) is 0.294. The number of allylic oxidation sites excluding steroid dienone is 1. The fourth-order valence-corrected chi connectivity index (χ4v) is 2.56. The maximum Gasteiger partial charge on any atom is 0.306 e. The Morgan fingerprint density at radius 2 is 1.82 bits per heavy atom. The van der Waals surface area contributed by atoms with Crippen molar-refractivity contribution in [1.82, 2.24) is 0 Å². The first-order chi connectivity index (χ1) is 7.54. The maximum atomic E-state index is 11.6. The van der Waals surface area contributed by atoms with Crippen molar-refractivity contribution in [3.05, 3.63) is 12.2 Å². The van der Waals surface area contributed by atoms with Gasteiger partial charge in [0.1, 0.15) is 0 Å². The van der Waals surface area contributed by atoms with Gasteiger partial charge in [-0.15, -0.1) is 0 Å². The molecule has 0 unspecified atom stereocenters. The van der Waals surface area contributed by atoms with Crippen LogP contribution in [0.15, 0.2) is 12.2 Å². The molecule has 0 aromatic carbocycles. The van der Waals surface area contributed by atoms with Crippen molar-refractivity contribution in [2.75, 3.05) is 6.61 Å². The second-order valence-corrected chi connectivity index (χ2v) is 12.3. The number of hydrogen-bond acceptors (Lipinski definition) is 2. The molecule has 0 saturated carbocycles. The molecule has 0 radical (unpaired) electrons. The molecule has 17 heavy (non-hydrogen) atoms. The molecule has 0 aromatic heterocycles. The zero-order valence-electron chi connectivity index (χ0n) is 12.4. The molecule has 0 aliphatic heterocycles. The summed E-state index contributed by atoms with van der Waals surface area (Å²) in [5, 5.41) is 0. The number of esters is 1. The Labute approximate surface area is 107 Å². The first kappa shape index (κ1) is 16.4. The van der Waals surface area contributed by atoms with Crippen molar-refractivity contribution in [2.24, 2.45) is 5.41 Å². The van der Waals surface area contributed by atoms with Crippen LogP contribution in [0.2, 0.25) is 25.7 Å². The molecule has 0 spiro atoms. The summed E-state index contributed by atoms with van der Waals surface area (Å²) >= 11 is 0. The molecule has 2 nitrogen and oxygen atoms in total. The maximum absolute atomic E-state index is 11.6. The van der Waals surface area contributed by atoms with E-state index in [0.29, 0.717) is 13.0 Å². The Balaban J connectivity index is 3.86. The number of hydrogen-bond donors (Lipinski definition) is 0. The topological polar surface area (TPSA) is 26.3 Å². The lowest BCUT2D eigenvalue weighted by Gasteiger charge is -2.23. The molecule has 100 valence electrons. The monoisotopic (exact) mass is 256 g/mol. The second kappa shape index (κ2) is 6.38. The molecular formula is C14H28O2Si. The molecule has 3 heteroatoms. The molecule has 0 amide bonds. The van der Waals surface area contributed by atoms with Gasteiger partial charge >= 0.3 is 5.97 Å². The van der Waals surface area contributed by atoms with E-state index in [1.807, 2.05) is 20.8 Å². The fraction of sp³-hybridized carbons (Fsp3) is 0.786. The fourth-order valence-electron chi connectivity index (χ4n) is 1.35. The number of carbonyl (C=O) groups is 1. The average molecular weight is 256 g/mol. The summed E-state index contributed by atoms with van der Waals surface area (Å²) in [7, 11) is -0.999. The minimum absolute atomic E-state index is 0.103. The molecule has 0 aliphatic carbocycles. The summed E-state index contributed by atoms with van der Waals surface area (Å²) < 4.78 is 5.27. The molecule has 0 N–H and O–H groups in total. The largest absolute Gasteiger partial charge is 0.466 e. The SMILES string of the molecule is C=C(C)C(C)(C)CC(=O)OCCC[Si](C)(C)C. The summed E-state index contributed by atoms with van der Waals surface area (Å²) in [5.41, 5.74) is 0.868. The van der Waals surface area contributed by atoms with Gasteiger partial charge in [0.15, 0.2) is 0 Å². The summed E-state index contributed by atoms with van der Waals surface area (Å²) in [6.45, 7) is 17.5. The zero-order valence-corrected chi connectivity index (χ0v) is 13.4. The Kier molecular flexibility index (Phi) is 6.17. The lowest BCUT2D eigenvalue weighted by atomic mass is 9.83. The average Bonchev–Trinajstić information content (AvgIpc) is 2.10. The molecule has 0 bridgehead atoms. The van der Waals surface area contributed by atoms with Crippen molar-refractivity contribution in [3.63, 3.8) is 0 Å². The van der Waals surface area contributed by atoms with Crippen LogP contribution in [0.5, 0.6) is 0 Å². The van der Waals surface area contributed by atoms with E-state index in [1.165, 1.54) is 6.04 Å². The molecule has 0 heterocycles. The first-order valence-corrected chi connectivity index (χ1v) is 10.1. The van der Waals surface area contributed by atoms with Gasteiger partial charge in [-0.3, -0.25) is 4.79 Å². The van der Waals surface area contributed by atoms with Crippen LogP contribution >= 0.6 is 0 Å². The van der Waals surface area contributed by atoms with Gasteiger partial charge in [0, 0.05) is 8.07 Å². The van der Waals surface area contributed by atoms with Gasteiger partial charge < -0.3 is 4.74 Å². The van der Waals surface area contributed by atoms with E-state index < -0.39 is 8.07 Å². The highest BCUT2D eigenvalue weighted by Crippen LogP contribution is 2.28. The Morgan fingerprint density at radius 1 is 1.29 bits per heavy atom. The van der Waals surface area contributed by atoms with Gasteiger partial charge in [-0.1, -0.05) is 51.7 Å². The number of carbonyl (C=O) groups excluding carboxylic acids is 1. The molecule has 0 saturated heterocycles. The van der Waals surface area contributed by atoms with E-state index in [2.05, 4.69) is 26.2 Å². The van der Waals surface area contributed by atoms with E-state index in [9.17, 15) is 4.79 Å². The molecule has 0 atom stereocenters. The Morgan fingerprint density at radius 3 is 2.24 bits per heavy atom. The molecule has 0 rings (SSSR count). The highest BCUT2D eigenvalue weighted by atomic mass is 28.3. The summed E-state index contributed by atoms with van der Waals surface area (Å²) in [4.78, 5) is 11.6. The van der Waals surface area contributed by atoms with Crippen LogP contribution in [0, 0.1) is 5.41 Å². The minimum Gasteiger partial charge on any atom is -0.466 e. The van der Waals surface area contributed by atoms with E-state index in [-0.39, 0.29) is 11.4 Å². The zero-order chi connectivity index (χ0) is 13.7. The molecule has 0 aromatic rings. The van der Waals surface area contributed by atoms with Gasteiger partial charge in [0.25, 0.3) is 0 Å². The third-order valence-corrected chi connectivity index (χ3v) is 4.93. The first-order valence-electron chi connectivity index (χ1n) is 6.36. The third kappa shape index (κ3) is 8.19. The molecule has 0 aliphatic rings. The lowest BCUT2D eigenvalue weighted by Crippen LogP contribution is -2.22. The predicted molar refractivity (Wildman–Crippen MR) is 76.9 cm³/mol. The van der Waals surface area contributed by atoms with Crippen molar-refractivity contribution in [2.45, 2.75) is 59.3 Å². The van der Waals surface area contributed by atoms with E-state index in [1.54, 1.807) is 0 Å². The van der Waals surface area contributed by atoms with Gasteiger partial charge in [0.2, 0.25) is 0 Å². The van der Waals surface area contributed by atoms with Crippen molar-refractivity contribution in [3.8, 4) is 0 Å². The molecular weight excluding hydrogens is 228 g/mol. The Bertz CT molecular complexity index is 274. The second-order valence-electron chi connectivity index (χ2n) is 6.73. The lowest BCUT2D eigenvalue weighted by molar-refractivity contribution is -0.145. The normalized spacial score (nSPS) is 12.4. The minimum atomic E-state index is -0.999. The van der Waals surface area contributed by atoms with E-state index >= 15 is 0 Å². The van der Waals surface area contributed by atoms with E-state index in [0.717, 1.165) is 12.0 Å². The van der Waals surface area contributed by atoms with Crippen molar-refractivity contribution in [1.29, 1.82) is 0 Å². The predicted octanol–water partition coefficient (Wildman–Crippen LogP) is 4.25. The third-order valence-electron chi connectivity index (χ3n) is 3.08. The van der Waals surface area contributed by atoms with E-state index in [4.69, 9.17) is 4.74 Å². The van der Waals surface area contributed by atoms with Crippen LogP contribution in [-0.4, -0.2) is 20.7 Å². The van der Waals surface area contributed by atoms with Crippen molar-refractivity contribution >= 4 is 14.0 Å². The van der Waals surface area contributed by atoms with Crippen LogP contribution in [0.4, 0.5) is 0 Å². The highest BCUT2D eigenvalue weighted by Gasteiger charge is 2.23.